The molecule has 2 aromatic carbocycles. The first-order chi connectivity index (χ1) is 18.0. The molecule has 0 saturated carbocycles. The summed E-state index contributed by atoms with van der Waals surface area (Å²) in [4.78, 5) is 20.3. The summed E-state index contributed by atoms with van der Waals surface area (Å²) in [5, 5.41) is 16.4. The molecule has 0 radical (unpaired) electrons. The zero-order chi connectivity index (χ0) is 27.5. The molecule has 0 spiro atoms. The van der Waals surface area contributed by atoms with Gasteiger partial charge in [-0.1, -0.05) is 23.7 Å². The molecule has 1 amide bonds. The molecule has 1 atom stereocenters. The SMILES string of the molecule is COC1=CC(=O)N(CCN(C)CCNc2ccnc3cc(Cl)ccc23)C1(O)Cc1ccc(C(F)(F)F)cc1. The van der Waals surface area contributed by atoms with E-state index < -0.39 is 23.4 Å². The van der Waals surface area contributed by atoms with Crippen molar-refractivity contribution in [2.75, 3.05) is 45.7 Å². The molecule has 38 heavy (non-hydrogen) atoms. The molecule has 0 saturated heterocycles. The Morgan fingerprint density at radius 1 is 1.16 bits per heavy atom. The number of pyridine rings is 1. The first-order valence-electron chi connectivity index (χ1n) is 11.9. The molecule has 202 valence electrons. The van der Waals surface area contributed by atoms with E-state index in [-0.39, 0.29) is 18.7 Å². The van der Waals surface area contributed by atoms with Crippen LogP contribution >= 0.6 is 11.6 Å². The number of aromatic nitrogens is 1. The van der Waals surface area contributed by atoms with Crippen molar-refractivity contribution in [3.05, 3.63) is 82.7 Å². The highest BCUT2D eigenvalue weighted by Crippen LogP contribution is 2.34. The van der Waals surface area contributed by atoms with Crippen molar-refractivity contribution in [1.82, 2.24) is 14.8 Å². The lowest BCUT2D eigenvalue weighted by Crippen LogP contribution is -2.52. The van der Waals surface area contributed by atoms with Crippen molar-refractivity contribution in [2.45, 2.75) is 18.3 Å². The molecular formula is C27H28ClF3N4O3. The predicted octanol–water partition coefficient (Wildman–Crippen LogP) is 4.55. The molecule has 0 aliphatic carbocycles. The van der Waals surface area contributed by atoms with Crippen molar-refractivity contribution in [2.24, 2.45) is 0 Å². The minimum Gasteiger partial charge on any atom is -0.496 e. The minimum atomic E-state index is -4.46. The summed E-state index contributed by atoms with van der Waals surface area (Å²) in [7, 11) is 3.24. The number of fused-ring (bicyclic) bond motifs is 1. The summed E-state index contributed by atoms with van der Waals surface area (Å²) in [6.07, 6.45) is -1.64. The summed E-state index contributed by atoms with van der Waals surface area (Å²) < 4.78 is 44.1. The van der Waals surface area contributed by atoms with Gasteiger partial charge in [-0.2, -0.15) is 13.2 Å². The van der Waals surface area contributed by atoms with Crippen molar-refractivity contribution < 1.29 is 27.8 Å². The molecule has 2 N–H and O–H groups in total. The Balaban J connectivity index is 1.36. The fourth-order valence-electron chi connectivity index (χ4n) is 4.46. The Bertz CT molecular complexity index is 1330. The Morgan fingerprint density at radius 3 is 2.58 bits per heavy atom. The summed E-state index contributed by atoms with van der Waals surface area (Å²) in [5.74, 6) is -0.374. The maximum absolute atomic E-state index is 12.9. The van der Waals surface area contributed by atoms with Gasteiger partial charge in [-0.25, -0.2) is 0 Å². The normalized spacial score (nSPS) is 17.8. The molecule has 2 heterocycles. The van der Waals surface area contributed by atoms with Crippen molar-refractivity contribution in [3.8, 4) is 0 Å². The molecule has 3 aromatic rings. The first kappa shape index (κ1) is 27.7. The maximum Gasteiger partial charge on any atom is 0.416 e. The number of nitrogens with zero attached hydrogens (tertiary/aromatic N) is 3. The molecule has 7 nitrogen and oxygen atoms in total. The quantitative estimate of drug-likeness (QED) is 0.387. The van der Waals surface area contributed by atoms with Gasteiger partial charge in [0.1, 0.15) is 0 Å². The lowest BCUT2D eigenvalue weighted by molar-refractivity contribution is -0.147. The van der Waals surface area contributed by atoms with E-state index in [1.165, 1.54) is 30.2 Å². The van der Waals surface area contributed by atoms with Crippen molar-refractivity contribution in [1.29, 1.82) is 0 Å². The molecule has 1 aromatic heterocycles. The number of hydrogen-bond donors (Lipinski definition) is 2. The topological polar surface area (TPSA) is 77.9 Å². The maximum atomic E-state index is 12.9. The van der Waals surface area contributed by atoms with Gasteiger partial charge in [0.15, 0.2) is 5.76 Å². The minimum absolute atomic E-state index is 0.0522. The molecule has 1 aliphatic heterocycles. The van der Waals surface area contributed by atoms with Crippen LogP contribution in [0.3, 0.4) is 0 Å². The van der Waals surface area contributed by atoms with Gasteiger partial charge in [-0.3, -0.25) is 9.78 Å². The summed E-state index contributed by atoms with van der Waals surface area (Å²) in [6.45, 7) is 1.89. The fraction of sp³-hybridized carbons (Fsp3) is 0.333. The predicted molar refractivity (Wildman–Crippen MR) is 140 cm³/mol. The number of methoxy groups -OCH3 is 1. The van der Waals surface area contributed by atoms with E-state index in [1.807, 2.05) is 30.1 Å². The molecule has 1 aliphatic rings. The monoisotopic (exact) mass is 548 g/mol. The summed E-state index contributed by atoms with van der Waals surface area (Å²) >= 11 is 6.06. The van der Waals surface area contributed by atoms with E-state index in [4.69, 9.17) is 16.3 Å². The van der Waals surface area contributed by atoms with Crippen LogP contribution in [0.5, 0.6) is 0 Å². The van der Waals surface area contributed by atoms with E-state index in [0.29, 0.717) is 30.2 Å². The second-order valence-corrected chi connectivity index (χ2v) is 9.58. The van der Waals surface area contributed by atoms with E-state index in [0.717, 1.165) is 28.7 Å². The van der Waals surface area contributed by atoms with Crippen LogP contribution in [0.25, 0.3) is 10.9 Å². The Kier molecular flexibility index (Phi) is 8.15. The molecule has 11 heteroatoms. The van der Waals surface area contributed by atoms with Crippen LogP contribution < -0.4 is 5.32 Å². The average Bonchev–Trinajstić information content (AvgIpc) is 3.10. The number of carbonyl (C=O) groups is 1. The number of ether oxygens (including phenoxy) is 1. The second-order valence-electron chi connectivity index (χ2n) is 9.14. The van der Waals surface area contributed by atoms with Crippen LogP contribution in [-0.4, -0.2) is 71.9 Å². The van der Waals surface area contributed by atoms with Crippen molar-refractivity contribution in [3.63, 3.8) is 0 Å². The number of rotatable bonds is 10. The zero-order valence-electron chi connectivity index (χ0n) is 20.9. The molecule has 0 bridgehead atoms. The molecule has 4 rings (SSSR count). The molecular weight excluding hydrogens is 521 g/mol. The van der Waals surface area contributed by atoms with Gasteiger partial charge in [-0.15, -0.1) is 0 Å². The van der Waals surface area contributed by atoms with E-state index in [2.05, 4.69) is 10.3 Å². The number of amides is 1. The Hall–Kier alpha value is -3.34. The number of carbonyl (C=O) groups excluding carboxylic acids is 1. The Morgan fingerprint density at radius 2 is 1.89 bits per heavy atom. The smallest absolute Gasteiger partial charge is 0.416 e. The zero-order valence-corrected chi connectivity index (χ0v) is 21.7. The second kappa shape index (κ2) is 11.2. The van der Waals surface area contributed by atoms with Gasteiger partial charge >= 0.3 is 6.18 Å². The van der Waals surface area contributed by atoms with Crippen LogP contribution in [0.15, 0.2) is 66.6 Å². The summed E-state index contributed by atoms with van der Waals surface area (Å²) in [5.41, 5.74) is -0.436. The van der Waals surface area contributed by atoms with Gasteiger partial charge in [0.2, 0.25) is 5.72 Å². The summed E-state index contributed by atoms with van der Waals surface area (Å²) in [6, 6.07) is 11.9. The third-order valence-corrected chi connectivity index (χ3v) is 6.77. The van der Waals surface area contributed by atoms with E-state index in [1.54, 1.807) is 12.3 Å². The van der Waals surface area contributed by atoms with Gasteiger partial charge in [0.25, 0.3) is 5.91 Å². The van der Waals surface area contributed by atoms with Crippen LogP contribution in [0.4, 0.5) is 18.9 Å². The van der Waals surface area contributed by atoms with Gasteiger partial charge in [0.05, 0.1) is 18.2 Å². The van der Waals surface area contributed by atoms with Crippen LogP contribution in [0, 0.1) is 0 Å². The standard InChI is InChI=1S/C27H28ClF3N4O3/c1-34(12-11-33-22-9-10-32-23-15-20(28)7-8-21(22)23)13-14-35-25(36)16-24(38-2)26(35,37)17-18-3-5-19(6-4-18)27(29,30)31/h3-10,15-16,37H,11-14,17H2,1-2H3,(H,32,33). The lowest BCUT2D eigenvalue weighted by Gasteiger charge is -2.36. The first-order valence-corrected chi connectivity index (χ1v) is 12.3. The van der Waals surface area contributed by atoms with Crippen LogP contribution in [0.2, 0.25) is 5.02 Å². The van der Waals surface area contributed by atoms with Gasteiger partial charge in [-0.05, 0) is 49.0 Å². The number of likely N-dealkylation sites (N-methyl/N-ethyl adjacent to an activating group) is 1. The highest BCUT2D eigenvalue weighted by atomic mass is 35.5. The third kappa shape index (κ3) is 6.03. The fourth-order valence-corrected chi connectivity index (χ4v) is 4.62. The number of halogens is 4. The highest BCUT2D eigenvalue weighted by molar-refractivity contribution is 6.31. The molecule has 0 fully saturated rings. The number of nitrogens with one attached hydrogen (secondary N) is 1. The highest BCUT2D eigenvalue weighted by Gasteiger charge is 2.47. The van der Waals surface area contributed by atoms with Gasteiger partial charge in [0, 0.05) is 61.0 Å². The number of benzene rings is 2. The number of hydrogen-bond acceptors (Lipinski definition) is 6. The lowest BCUT2D eigenvalue weighted by atomic mass is 9.99. The number of aliphatic hydroxyl groups is 1. The van der Waals surface area contributed by atoms with Crippen molar-refractivity contribution >= 4 is 34.1 Å². The number of anilines is 1. The van der Waals surface area contributed by atoms with E-state index >= 15 is 0 Å². The van der Waals surface area contributed by atoms with E-state index in [9.17, 15) is 23.1 Å². The average molecular weight is 549 g/mol. The third-order valence-electron chi connectivity index (χ3n) is 6.53. The number of alkyl halides is 3. The van der Waals surface area contributed by atoms with Crippen LogP contribution in [-0.2, 0) is 22.1 Å². The Labute approximate surface area is 223 Å². The van der Waals surface area contributed by atoms with Crippen LogP contribution in [0.1, 0.15) is 11.1 Å². The van der Waals surface area contributed by atoms with Gasteiger partial charge < -0.3 is 25.0 Å². The largest absolute Gasteiger partial charge is 0.496 e. The molecule has 1 unspecified atom stereocenters.